The van der Waals surface area contributed by atoms with Crippen molar-refractivity contribution in [2.45, 2.75) is 57.2 Å². The van der Waals surface area contributed by atoms with Crippen molar-refractivity contribution in [3.05, 3.63) is 65.7 Å². The highest BCUT2D eigenvalue weighted by Gasteiger charge is 2.61. The number of esters is 1. The maximum absolute atomic E-state index is 13.8. The normalized spacial score (nSPS) is 18.1. The first kappa shape index (κ1) is 25.2. The lowest BCUT2D eigenvalue weighted by atomic mass is 9.98. The van der Waals surface area contributed by atoms with Gasteiger partial charge in [-0.05, 0) is 52.3 Å². The Morgan fingerprint density at radius 2 is 1.65 bits per heavy atom. The van der Waals surface area contributed by atoms with Gasteiger partial charge in [0.1, 0.15) is 11.9 Å². The number of aryl methyl sites for hydroxylation is 1. The number of nitrogens with zero attached hydrogens (tertiary/aromatic N) is 3. The minimum absolute atomic E-state index is 0.00526. The lowest BCUT2D eigenvalue weighted by Crippen LogP contribution is -2.65. The Morgan fingerprint density at radius 1 is 1.03 bits per heavy atom. The van der Waals surface area contributed by atoms with E-state index >= 15 is 0 Å². The van der Waals surface area contributed by atoms with E-state index in [4.69, 9.17) is 9.47 Å². The van der Waals surface area contributed by atoms with E-state index in [1.165, 1.54) is 12.1 Å². The molecule has 0 saturated carbocycles. The van der Waals surface area contributed by atoms with Crippen LogP contribution in [0.1, 0.15) is 38.8 Å². The molecule has 0 spiro atoms. The highest BCUT2D eigenvalue weighted by molar-refractivity contribution is 7.89. The van der Waals surface area contributed by atoms with Crippen molar-refractivity contribution in [3.8, 4) is 0 Å². The summed E-state index contributed by atoms with van der Waals surface area (Å²) in [7, 11) is -4.33. The van der Waals surface area contributed by atoms with E-state index in [-0.39, 0.29) is 17.9 Å². The van der Waals surface area contributed by atoms with E-state index in [1.54, 1.807) is 70.2 Å². The Morgan fingerprint density at radius 3 is 2.21 bits per heavy atom. The number of amides is 1. The zero-order valence-electron chi connectivity index (χ0n) is 19.9. The lowest BCUT2D eigenvalue weighted by Gasteiger charge is -2.40. The Labute approximate surface area is 200 Å². The van der Waals surface area contributed by atoms with E-state index in [0.29, 0.717) is 5.56 Å². The molecule has 1 amide bonds. The van der Waals surface area contributed by atoms with Crippen LogP contribution in [-0.4, -0.2) is 54.0 Å². The Balaban J connectivity index is 2.24. The number of carbonyl (C=O) groups excluding carboxylic acids is 2. The molecule has 3 rings (SSSR count). The second-order valence-electron chi connectivity index (χ2n) is 8.84. The standard InChI is InChI=1S/C24H29N3O6S/c1-6-32-22(29)27-24(21(28)33-23(3,4)5,16-19-10-8-7-9-11-19)26(17-25-27)34(30,31)20-14-12-18(2)13-15-20/h7-15,17H,6,16H2,1-5H3. The van der Waals surface area contributed by atoms with Gasteiger partial charge >= 0.3 is 12.1 Å². The van der Waals surface area contributed by atoms with Crippen molar-refractivity contribution >= 4 is 28.4 Å². The van der Waals surface area contributed by atoms with Crippen LogP contribution in [0.2, 0.25) is 0 Å². The van der Waals surface area contributed by atoms with Crippen LogP contribution in [0.5, 0.6) is 0 Å². The van der Waals surface area contributed by atoms with Crippen molar-refractivity contribution in [2.75, 3.05) is 6.61 Å². The minimum Gasteiger partial charge on any atom is -0.457 e. The third-order valence-electron chi connectivity index (χ3n) is 5.02. The summed E-state index contributed by atoms with van der Waals surface area (Å²) in [5, 5.41) is 4.78. The van der Waals surface area contributed by atoms with Gasteiger partial charge in [-0.3, -0.25) is 0 Å². The quantitative estimate of drug-likeness (QED) is 0.576. The van der Waals surface area contributed by atoms with Gasteiger partial charge in [-0.25, -0.2) is 22.3 Å². The largest absolute Gasteiger partial charge is 0.457 e. The molecule has 0 saturated heterocycles. The van der Waals surface area contributed by atoms with Gasteiger partial charge < -0.3 is 9.47 Å². The second kappa shape index (κ2) is 9.46. The fourth-order valence-electron chi connectivity index (χ4n) is 3.49. The van der Waals surface area contributed by atoms with Gasteiger partial charge in [0.05, 0.1) is 11.5 Å². The Kier molecular flexibility index (Phi) is 7.02. The molecule has 9 nitrogen and oxygen atoms in total. The zero-order chi connectivity index (χ0) is 25.1. The maximum Gasteiger partial charge on any atom is 0.433 e. The minimum atomic E-state index is -4.33. The number of rotatable bonds is 6. The van der Waals surface area contributed by atoms with Crippen molar-refractivity contribution < 1.29 is 27.5 Å². The molecular formula is C24H29N3O6S. The second-order valence-corrected chi connectivity index (χ2v) is 10.7. The van der Waals surface area contributed by atoms with E-state index in [0.717, 1.165) is 21.2 Å². The van der Waals surface area contributed by atoms with E-state index in [1.807, 2.05) is 6.92 Å². The van der Waals surface area contributed by atoms with Crippen LogP contribution in [0, 0.1) is 6.92 Å². The first-order valence-electron chi connectivity index (χ1n) is 10.8. The number of ether oxygens (including phenoxy) is 2. The summed E-state index contributed by atoms with van der Waals surface area (Å²) >= 11 is 0. The highest BCUT2D eigenvalue weighted by Crippen LogP contribution is 2.37. The van der Waals surface area contributed by atoms with Crippen LogP contribution in [0.4, 0.5) is 4.79 Å². The van der Waals surface area contributed by atoms with E-state index in [2.05, 4.69) is 5.10 Å². The number of sulfonamides is 1. The molecule has 1 heterocycles. The number of hydrogen-bond donors (Lipinski definition) is 0. The fraction of sp³-hybridized carbons (Fsp3) is 0.375. The number of carbonyl (C=O) groups is 2. The predicted molar refractivity (Wildman–Crippen MR) is 126 cm³/mol. The average Bonchev–Trinajstić information content (AvgIpc) is 3.15. The molecule has 0 fully saturated rings. The molecule has 0 aliphatic carbocycles. The molecular weight excluding hydrogens is 458 g/mol. The molecule has 182 valence electrons. The molecule has 1 atom stereocenters. The van der Waals surface area contributed by atoms with Crippen LogP contribution in [0.15, 0.2) is 64.6 Å². The van der Waals surface area contributed by atoms with Crippen molar-refractivity contribution in [2.24, 2.45) is 5.10 Å². The molecule has 0 bridgehead atoms. The number of hydrazone groups is 1. The van der Waals surface area contributed by atoms with Gasteiger partial charge in [-0.1, -0.05) is 48.0 Å². The molecule has 0 aromatic heterocycles. The van der Waals surface area contributed by atoms with Crippen molar-refractivity contribution in [3.63, 3.8) is 0 Å². The van der Waals surface area contributed by atoms with Crippen LogP contribution in [0.25, 0.3) is 0 Å². The van der Waals surface area contributed by atoms with Crippen LogP contribution in [-0.2, 0) is 30.7 Å². The summed E-state index contributed by atoms with van der Waals surface area (Å²) in [6.45, 7) is 8.41. The number of benzene rings is 2. The monoisotopic (exact) mass is 487 g/mol. The average molecular weight is 488 g/mol. The van der Waals surface area contributed by atoms with Gasteiger partial charge in [0.2, 0.25) is 0 Å². The Hall–Kier alpha value is -3.40. The molecule has 2 aromatic carbocycles. The lowest BCUT2D eigenvalue weighted by molar-refractivity contribution is -0.173. The van der Waals surface area contributed by atoms with E-state index in [9.17, 15) is 18.0 Å². The van der Waals surface area contributed by atoms with Gasteiger partial charge in [0.25, 0.3) is 15.7 Å². The third kappa shape index (κ3) is 4.91. The highest BCUT2D eigenvalue weighted by atomic mass is 32.2. The fourth-order valence-corrected chi connectivity index (χ4v) is 4.98. The van der Waals surface area contributed by atoms with Crippen LogP contribution >= 0.6 is 0 Å². The van der Waals surface area contributed by atoms with Gasteiger partial charge in [0.15, 0.2) is 0 Å². The third-order valence-corrected chi connectivity index (χ3v) is 6.81. The molecule has 1 unspecified atom stereocenters. The van der Waals surface area contributed by atoms with Crippen LogP contribution in [0.3, 0.4) is 0 Å². The summed E-state index contributed by atoms with van der Waals surface area (Å²) in [6, 6.07) is 14.9. The number of hydrogen-bond acceptors (Lipinski definition) is 7. The predicted octanol–water partition coefficient (Wildman–Crippen LogP) is 3.68. The zero-order valence-corrected chi connectivity index (χ0v) is 20.7. The Bertz CT molecular complexity index is 1170. The maximum atomic E-state index is 13.8. The summed E-state index contributed by atoms with van der Waals surface area (Å²) < 4.78 is 39.2. The summed E-state index contributed by atoms with van der Waals surface area (Å²) in [5.41, 5.74) is -1.68. The summed E-state index contributed by atoms with van der Waals surface area (Å²) in [6.07, 6.45) is -0.229. The topological polar surface area (TPSA) is 106 Å². The first-order chi connectivity index (χ1) is 15.9. The van der Waals surface area contributed by atoms with Gasteiger partial charge in [-0.2, -0.15) is 10.1 Å². The van der Waals surface area contributed by atoms with Crippen molar-refractivity contribution in [1.82, 2.24) is 9.31 Å². The molecule has 2 aromatic rings. The SMILES string of the molecule is CCOC(=O)N1N=CN(S(=O)(=O)c2ccc(C)cc2)C1(Cc1ccccc1)C(=O)OC(C)(C)C. The summed E-state index contributed by atoms with van der Waals surface area (Å²) in [5.74, 6) is -0.954. The molecule has 34 heavy (non-hydrogen) atoms. The van der Waals surface area contributed by atoms with Gasteiger partial charge in [-0.15, -0.1) is 0 Å². The molecule has 0 N–H and O–H groups in total. The molecule has 10 heteroatoms. The van der Waals surface area contributed by atoms with E-state index < -0.39 is 33.3 Å². The summed E-state index contributed by atoms with van der Waals surface area (Å²) in [4.78, 5) is 26.7. The molecule has 0 radical (unpaired) electrons. The smallest absolute Gasteiger partial charge is 0.433 e. The molecule has 1 aliphatic heterocycles. The van der Waals surface area contributed by atoms with Crippen LogP contribution < -0.4 is 0 Å². The molecule has 1 aliphatic rings. The first-order valence-corrected chi connectivity index (χ1v) is 12.3. The van der Waals surface area contributed by atoms with Crippen molar-refractivity contribution in [1.29, 1.82) is 0 Å². The van der Waals surface area contributed by atoms with Gasteiger partial charge in [0, 0.05) is 6.42 Å².